The van der Waals surface area contributed by atoms with Gasteiger partial charge in [-0.05, 0) is 50.0 Å². The monoisotopic (exact) mass is 302 g/mol. The van der Waals surface area contributed by atoms with Crippen molar-refractivity contribution >= 4 is 10.0 Å². The van der Waals surface area contributed by atoms with Crippen molar-refractivity contribution < 1.29 is 17.5 Å². The van der Waals surface area contributed by atoms with Crippen molar-refractivity contribution in [3.63, 3.8) is 0 Å². The first kappa shape index (κ1) is 15.2. The summed E-state index contributed by atoms with van der Waals surface area (Å²) in [6.07, 6.45) is 1.89. The Kier molecular flexibility index (Phi) is 4.95. The van der Waals surface area contributed by atoms with E-state index in [-0.39, 0.29) is 10.6 Å². The lowest BCUT2D eigenvalue weighted by Gasteiger charge is -2.22. The highest BCUT2D eigenvalue weighted by molar-refractivity contribution is 7.89. The molecule has 1 aliphatic heterocycles. The van der Waals surface area contributed by atoms with Gasteiger partial charge in [-0.1, -0.05) is 0 Å². The minimum Gasteiger partial charge on any atom is -0.494 e. The Morgan fingerprint density at radius 1 is 1.40 bits per heavy atom. The molecule has 0 atom stereocenters. The quantitative estimate of drug-likeness (QED) is 0.855. The van der Waals surface area contributed by atoms with Gasteiger partial charge in [-0.3, -0.25) is 0 Å². The Bertz CT molecular complexity index is 557. The molecular weight excluding hydrogens is 283 g/mol. The topological polar surface area (TPSA) is 67.4 Å². The minimum absolute atomic E-state index is 0.0299. The van der Waals surface area contributed by atoms with Gasteiger partial charge >= 0.3 is 0 Å². The summed E-state index contributed by atoms with van der Waals surface area (Å²) in [7, 11) is -2.34. The van der Waals surface area contributed by atoms with Crippen LogP contribution in [0.3, 0.4) is 0 Å². The van der Waals surface area contributed by atoms with E-state index >= 15 is 0 Å². The van der Waals surface area contributed by atoms with E-state index in [0.29, 0.717) is 12.5 Å². The van der Waals surface area contributed by atoms with Crippen LogP contribution < -0.4 is 14.8 Å². The Morgan fingerprint density at radius 2 is 2.10 bits per heavy atom. The summed E-state index contributed by atoms with van der Waals surface area (Å²) in [5.74, 6) is -0.325. The molecule has 0 aliphatic carbocycles. The number of nitrogens with one attached hydrogen (secondary N) is 2. The molecule has 2 rings (SSSR count). The van der Waals surface area contributed by atoms with Crippen LogP contribution in [0.15, 0.2) is 23.1 Å². The molecule has 7 heteroatoms. The van der Waals surface area contributed by atoms with E-state index in [4.69, 9.17) is 4.74 Å². The van der Waals surface area contributed by atoms with E-state index in [2.05, 4.69) is 10.0 Å². The molecule has 0 aromatic heterocycles. The van der Waals surface area contributed by atoms with Crippen LogP contribution in [0.25, 0.3) is 0 Å². The van der Waals surface area contributed by atoms with E-state index in [9.17, 15) is 12.8 Å². The van der Waals surface area contributed by atoms with Gasteiger partial charge in [-0.15, -0.1) is 0 Å². The molecule has 20 heavy (non-hydrogen) atoms. The lowest BCUT2D eigenvalue weighted by molar-refractivity contribution is 0.372. The number of benzene rings is 1. The average Bonchev–Trinajstić information content (AvgIpc) is 2.46. The second-order valence-electron chi connectivity index (χ2n) is 4.84. The normalized spacial score (nSPS) is 17.1. The number of rotatable bonds is 5. The highest BCUT2D eigenvalue weighted by Gasteiger charge is 2.19. The van der Waals surface area contributed by atoms with Crippen LogP contribution in [0.4, 0.5) is 4.39 Å². The molecule has 0 amide bonds. The van der Waals surface area contributed by atoms with Gasteiger partial charge in [0.05, 0.1) is 12.0 Å². The van der Waals surface area contributed by atoms with Gasteiger partial charge in [0.2, 0.25) is 10.0 Å². The van der Waals surface area contributed by atoms with E-state index in [1.807, 2.05) is 0 Å². The lowest BCUT2D eigenvalue weighted by Crippen LogP contribution is -2.36. The smallest absolute Gasteiger partial charge is 0.240 e. The van der Waals surface area contributed by atoms with Gasteiger partial charge in [0.25, 0.3) is 0 Å². The van der Waals surface area contributed by atoms with Crippen molar-refractivity contribution in [1.29, 1.82) is 0 Å². The molecule has 1 fully saturated rings. The van der Waals surface area contributed by atoms with Crippen LogP contribution >= 0.6 is 0 Å². The molecule has 0 unspecified atom stereocenters. The Hall–Kier alpha value is -1.18. The number of sulfonamides is 1. The summed E-state index contributed by atoms with van der Waals surface area (Å²) in [4.78, 5) is -0.0789. The SMILES string of the molecule is COc1ccc(S(=O)(=O)NCC2CCNCC2)cc1F. The van der Waals surface area contributed by atoms with Crippen molar-refractivity contribution in [1.82, 2.24) is 10.0 Å². The van der Waals surface area contributed by atoms with Gasteiger partial charge in [0, 0.05) is 6.54 Å². The maximum atomic E-state index is 13.6. The number of halogens is 1. The molecule has 112 valence electrons. The van der Waals surface area contributed by atoms with Crippen molar-refractivity contribution in [2.24, 2.45) is 5.92 Å². The van der Waals surface area contributed by atoms with Gasteiger partial charge < -0.3 is 10.1 Å². The van der Waals surface area contributed by atoms with Crippen LogP contribution in [0.1, 0.15) is 12.8 Å². The van der Waals surface area contributed by atoms with Crippen molar-refractivity contribution in [3.05, 3.63) is 24.0 Å². The summed E-state index contributed by atoms with van der Waals surface area (Å²) >= 11 is 0. The van der Waals surface area contributed by atoms with E-state index in [0.717, 1.165) is 32.0 Å². The molecule has 1 aliphatic rings. The number of ether oxygens (including phenoxy) is 1. The van der Waals surface area contributed by atoms with E-state index in [1.165, 1.54) is 19.2 Å². The predicted octanol–water partition coefficient (Wildman–Crippen LogP) is 1.11. The summed E-state index contributed by atoms with van der Waals surface area (Å²) < 4.78 is 45.1. The molecule has 0 saturated carbocycles. The first-order valence-electron chi connectivity index (χ1n) is 6.57. The molecule has 1 saturated heterocycles. The average molecular weight is 302 g/mol. The fraction of sp³-hybridized carbons (Fsp3) is 0.538. The van der Waals surface area contributed by atoms with Gasteiger partial charge in [0.1, 0.15) is 0 Å². The highest BCUT2D eigenvalue weighted by Crippen LogP contribution is 2.21. The molecule has 1 aromatic rings. The maximum Gasteiger partial charge on any atom is 0.240 e. The van der Waals surface area contributed by atoms with Crippen LogP contribution in [0.5, 0.6) is 5.75 Å². The van der Waals surface area contributed by atoms with Crippen LogP contribution in [0.2, 0.25) is 0 Å². The lowest BCUT2D eigenvalue weighted by atomic mass is 9.99. The molecule has 0 spiro atoms. The van der Waals surface area contributed by atoms with Crippen molar-refractivity contribution in [2.45, 2.75) is 17.7 Å². The first-order valence-corrected chi connectivity index (χ1v) is 8.05. The first-order chi connectivity index (χ1) is 9.53. The molecule has 1 aromatic carbocycles. The zero-order valence-corrected chi connectivity index (χ0v) is 12.2. The molecule has 1 heterocycles. The largest absolute Gasteiger partial charge is 0.494 e. The maximum absolute atomic E-state index is 13.6. The summed E-state index contributed by atoms with van der Waals surface area (Å²) in [5, 5.41) is 3.22. The van der Waals surface area contributed by atoms with Crippen LogP contribution in [-0.4, -0.2) is 35.2 Å². The second kappa shape index (κ2) is 6.51. The van der Waals surface area contributed by atoms with Gasteiger partial charge in [-0.2, -0.15) is 0 Å². The third-order valence-corrected chi connectivity index (χ3v) is 4.88. The summed E-state index contributed by atoms with van der Waals surface area (Å²) in [5.41, 5.74) is 0. The fourth-order valence-corrected chi connectivity index (χ4v) is 3.34. The molecule has 2 N–H and O–H groups in total. The fourth-order valence-electron chi connectivity index (χ4n) is 2.21. The number of piperidine rings is 1. The van der Waals surface area contributed by atoms with Crippen LogP contribution in [-0.2, 0) is 10.0 Å². The van der Waals surface area contributed by atoms with Crippen molar-refractivity contribution in [2.75, 3.05) is 26.7 Å². The van der Waals surface area contributed by atoms with E-state index in [1.54, 1.807) is 0 Å². The minimum atomic E-state index is -3.67. The van der Waals surface area contributed by atoms with Gasteiger partial charge in [0.15, 0.2) is 11.6 Å². The molecule has 0 bridgehead atoms. The third-order valence-electron chi connectivity index (χ3n) is 3.45. The summed E-state index contributed by atoms with van der Waals surface area (Å²) in [6.45, 7) is 2.20. The molecular formula is C13H19FN2O3S. The van der Waals surface area contributed by atoms with E-state index < -0.39 is 15.8 Å². The second-order valence-corrected chi connectivity index (χ2v) is 6.61. The van der Waals surface area contributed by atoms with Crippen LogP contribution in [0, 0.1) is 11.7 Å². The zero-order valence-electron chi connectivity index (χ0n) is 11.4. The number of hydrogen-bond acceptors (Lipinski definition) is 4. The Balaban J connectivity index is 2.04. The predicted molar refractivity (Wildman–Crippen MR) is 73.7 cm³/mol. The molecule has 5 nitrogen and oxygen atoms in total. The standard InChI is InChI=1S/C13H19FN2O3S/c1-19-13-3-2-11(8-12(13)14)20(17,18)16-9-10-4-6-15-7-5-10/h2-3,8,10,15-16H,4-7,9H2,1H3. The zero-order chi connectivity index (χ0) is 14.6. The Labute approximate surface area is 118 Å². The molecule has 0 radical (unpaired) electrons. The van der Waals surface area contributed by atoms with Gasteiger partial charge in [-0.25, -0.2) is 17.5 Å². The number of hydrogen-bond donors (Lipinski definition) is 2. The van der Waals surface area contributed by atoms with Crippen molar-refractivity contribution in [3.8, 4) is 5.75 Å². The number of methoxy groups -OCH3 is 1. The third kappa shape index (κ3) is 3.68. The highest BCUT2D eigenvalue weighted by atomic mass is 32.2. The summed E-state index contributed by atoms with van der Waals surface area (Å²) in [6, 6.07) is 3.63. The Morgan fingerprint density at radius 3 is 2.70 bits per heavy atom.